The van der Waals surface area contributed by atoms with E-state index in [1.165, 1.54) is 0 Å². The Morgan fingerprint density at radius 1 is 1.14 bits per heavy atom. The van der Waals surface area contributed by atoms with E-state index >= 15 is 0 Å². The molecule has 0 atom stereocenters. The van der Waals surface area contributed by atoms with Crippen molar-refractivity contribution in [2.24, 2.45) is 11.3 Å². The van der Waals surface area contributed by atoms with Gasteiger partial charge in [0.05, 0.1) is 7.11 Å². The average molecular weight is 404 g/mol. The first-order chi connectivity index (χ1) is 13.7. The molecule has 1 aliphatic rings. The zero-order valence-electron chi connectivity index (χ0n) is 17.8. The molecule has 0 heterocycles. The van der Waals surface area contributed by atoms with E-state index in [9.17, 15) is 9.59 Å². The maximum Gasteiger partial charge on any atom is 0.407 e. The molecule has 1 aromatic rings. The Kier molecular flexibility index (Phi) is 7.67. The number of nitrogens with two attached hydrogens (primary N) is 1. The van der Waals surface area contributed by atoms with Crippen LogP contribution in [0.15, 0.2) is 29.8 Å². The van der Waals surface area contributed by atoms with E-state index < -0.39 is 17.1 Å². The molecule has 7 nitrogen and oxygen atoms in total. The number of rotatable bonds is 6. The molecule has 0 aliphatic heterocycles. The summed E-state index contributed by atoms with van der Waals surface area (Å²) >= 11 is 0. The minimum atomic E-state index is -0.583. The van der Waals surface area contributed by atoms with Crippen LogP contribution in [0.2, 0.25) is 0 Å². The van der Waals surface area contributed by atoms with E-state index in [2.05, 4.69) is 10.7 Å². The standard InChI is InChI=1S/C22H33N3O4/c1-21(2,3)29-20(27)24-15-22(12-6-5-7-13-22)18(19(26)25-23)14-16-8-10-17(28-4)11-9-16/h8-11,14H,5-7,12-13,15,23H2,1-4H3,(H,24,27)(H,25,26). The van der Waals surface area contributed by atoms with Gasteiger partial charge in [-0.05, 0) is 57.4 Å². The highest BCUT2D eigenvalue weighted by molar-refractivity contribution is 5.99. The molecule has 160 valence electrons. The third kappa shape index (κ3) is 6.49. The van der Waals surface area contributed by atoms with Crippen LogP contribution in [0.3, 0.4) is 0 Å². The topological polar surface area (TPSA) is 103 Å². The Morgan fingerprint density at radius 2 is 1.76 bits per heavy atom. The second kappa shape index (κ2) is 9.78. The number of hydrogen-bond acceptors (Lipinski definition) is 5. The van der Waals surface area contributed by atoms with E-state index in [0.717, 1.165) is 43.4 Å². The molecule has 0 bridgehead atoms. The largest absolute Gasteiger partial charge is 0.497 e. The second-order valence-electron chi connectivity index (χ2n) is 8.50. The summed E-state index contributed by atoms with van der Waals surface area (Å²) in [7, 11) is 1.61. The van der Waals surface area contributed by atoms with Crippen LogP contribution >= 0.6 is 0 Å². The lowest BCUT2D eigenvalue weighted by Crippen LogP contribution is -2.46. The quantitative estimate of drug-likeness (QED) is 0.292. The van der Waals surface area contributed by atoms with Crippen molar-refractivity contribution in [3.63, 3.8) is 0 Å². The minimum Gasteiger partial charge on any atom is -0.497 e. The van der Waals surface area contributed by atoms with Gasteiger partial charge in [-0.1, -0.05) is 31.4 Å². The number of nitrogens with one attached hydrogen (secondary N) is 2. The fourth-order valence-corrected chi connectivity index (χ4v) is 3.73. The third-order valence-electron chi connectivity index (χ3n) is 5.15. The zero-order chi connectivity index (χ0) is 21.5. The fraction of sp³-hybridized carbons (Fsp3) is 0.545. The third-order valence-corrected chi connectivity index (χ3v) is 5.15. The van der Waals surface area contributed by atoms with Crippen molar-refractivity contribution in [1.29, 1.82) is 0 Å². The summed E-state index contributed by atoms with van der Waals surface area (Å²) in [4.78, 5) is 25.0. The van der Waals surface area contributed by atoms with E-state index in [4.69, 9.17) is 15.3 Å². The number of methoxy groups -OCH3 is 1. The molecule has 2 amide bonds. The van der Waals surface area contributed by atoms with Gasteiger partial charge in [-0.3, -0.25) is 10.2 Å². The van der Waals surface area contributed by atoms with E-state index in [1.54, 1.807) is 7.11 Å². The lowest BCUT2D eigenvalue weighted by Gasteiger charge is -2.39. The van der Waals surface area contributed by atoms with Crippen molar-refractivity contribution in [2.75, 3.05) is 13.7 Å². The first-order valence-electron chi connectivity index (χ1n) is 10.0. The molecule has 1 fully saturated rings. The highest BCUT2D eigenvalue weighted by Crippen LogP contribution is 2.43. The van der Waals surface area contributed by atoms with Gasteiger partial charge in [0.1, 0.15) is 11.4 Å². The summed E-state index contributed by atoms with van der Waals surface area (Å²) in [6, 6.07) is 7.47. The molecule has 0 spiro atoms. The molecule has 2 rings (SSSR count). The fourth-order valence-electron chi connectivity index (χ4n) is 3.73. The lowest BCUT2D eigenvalue weighted by molar-refractivity contribution is -0.118. The second-order valence-corrected chi connectivity index (χ2v) is 8.50. The highest BCUT2D eigenvalue weighted by Gasteiger charge is 2.39. The Morgan fingerprint density at radius 3 is 2.28 bits per heavy atom. The molecule has 0 aromatic heterocycles. The number of hydrazine groups is 1. The molecular formula is C22H33N3O4. The zero-order valence-corrected chi connectivity index (χ0v) is 17.8. The Labute approximate surface area is 173 Å². The van der Waals surface area contributed by atoms with Crippen LogP contribution in [0.1, 0.15) is 58.4 Å². The summed E-state index contributed by atoms with van der Waals surface area (Å²) in [5.74, 6) is 5.91. The van der Waals surface area contributed by atoms with Gasteiger partial charge in [-0.15, -0.1) is 0 Å². The monoisotopic (exact) mass is 403 g/mol. The number of hydrogen-bond donors (Lipinski definition) is 3. The Bertz CT molecular complexity index is 729. The smallest absolute Gasteiger partial charge is 0.407 e. The number of ether oxygens (including phenoxy) is 2. The van der Waals surface area contributed by atoms with Crippen molar-refractivity contribution < 1.29 is 19.1 Å². The van der Waals surface area contributed by atoms with Crippen LogP contribution in [0.25, 0.3) is 6.08 Å². The van der Waals surface area contributed by atoms with Gasteiger partial charge in [-0.25, -0.2) is 10.6 Å². The molecule has 0 radical (unpaired) electrons. The summed E-state index contributed by atoms with van der Waals surface area (Å²) in [5, 5.41) is 2.87. The van der Waals surface area contributed by atoms with Crippen LogP contribution in [-0.2, 0) is 9.53 Å². The number of amides is 2. The van der Waals surface area contributed by atoms with Gasteiger partial charge in [0.2, 0.25) is 0 Å². The van der Waals surface area contributed by atoms with Gasteiger partial charge < -0.3 is 14.8 Å². The van der Waals surface area contributed by atoms with Gasteiger partial charge >= 0.3 is 6.09 Å². The number of carbonyl (C=O) groups excluding carboxylic acids is 2. The molecular weight excluding hydrogens is 370 g/mol. The van der Waals surface area contributed by atoms with E-state index in [-0.39, 0.29) is 5.91 Å². The van der Waals surface area contributed by atoms with Gasteiger partial charge in [0, 0.05) is 17.5 Å². The first-order valence-corrected chi connectivity index (χ1v) is 10.0. The molecule has 0 saturated heterocycles. The van der Waals surface area contributed by atoms with Crippen LogP contribution in [0, 0.1) is 5.41 Å². The summed E-state index contributed by atoms with van der Waals surface area (Å²) in [6.07, 6.45) is 6.01. The number of alkyl carbamates (subject to hydrolysis) is 1. The van der Waals surface area contributed by atoms with Crippen LogP contribution in [-0.4, -0.2) is 31.3 Å². The molecule has 0 unspecified atom stereocenters. The summed E-state index contributed by atoms with van der Waals surface area (Å²) < 4.78 is 10.6. The van der Waals surface area contributed by atoms with Crippen molar-refractivity contribution in [3.05, 3.63) is 35.4 Å². The van der Waals surface area contributed by atoms with E-state index in [0.29, 0.717) is 12.1 Å². The van der Waals surface area contributed by atoms with Gasteiger partial charge in [0.25, 0.3) is 5.91 Å². The molecule has 29 heavy (non-hydrogen) atoms. The van der Waals surface area contributed by atoms with Gasteiger partial charge in [0.15, 0.2) is 0 Å². The SMILES string of the molecule is COc1ccc(C=C(C(=O)NN)C2(CNC(=O)OC(C)(C)C)CCCCC2)cc1. The molecule has 4 N–H and O–H groups in total. The normalized spacial score (nSPS) is 16.7. The van der Waals surface area contributed by atoms with Crippen LogP contribution in [0.5, 0.6) is 5.75 Å². The summed E-state index contributed by atoms with van der Waals surface area (Å²) in [6.45, 7) is 5.77. The van der Waals surface area contributed by atoms with Crippen molar-refractivity contribution in [2.45, 2.75) is 58.5 Å². The maximum absolute atomic E-state index is 12.7. The highest BCUT2D eigenvalue weighted by atomic mass is 16.6. The van der Waals surface area contributed by atoms with Crippen LogP contribution < -0.4 is 21.3 Å². The molecule has 7 heteroatoms. The maximum atomic E-state index is 12.7. The Hall–Kier alpha value is -2.54. The summed E-state index contributed by atoms with van der Waals surface area (Å²) in [5.41, 5.74) is 2.63. The Balaban J connectivity index is 2.33. The predicted molar refractivity (Wildman–Crippen MR) is 113 cm³/mol. The average Bonchev–Trinajstić information content (AvgIpc) is 2.70. The van der Waals surface area contributed by atoms with Crippen LogP contribution in [0.4, 0.5) is 4.79 Å². The molecule has 1 saturated carbocycles. The van der Waals surface area contributed by atoms with Gasteiger partial charge in [-0.2, -0.15) is 0 Å². The predicted octanol–water partition coefficient (Wildman–Crippen LogP) is 3.54. The number of benzene rings is 1. The van der Waals surface area contributed by atoms with Crippen molar-refractivity contribution in [3.8, 4) is 5.75 Å². The minimum absolute atomic E-state index is 0.317. The van der Waals surface area contributed by atoms with Crippen molar-refractivity contribution >= 4 is 18.1 Å². The lowest BCUT2D eigenvalue weighted by atomic mass is 9.68. The van der Waals surface area contributed by atoms with E-state index in [1.807, 2.05) is 51.1 Å². The molecule has 1 aromatic carbocycles. The first kappa shape index (κ1) is 22.7. The van der Waals surface area contributed by atoms with Crippen molar-refractivity contribution in [1.82, 2.24) is 10.7 Å². The molecule has 1 aliphatic carbocycles. The number of carbonyl (C=O) groups is 2.